The van der Waals surface area contributed by atoms with Gasteiger partial charge in [0.25, 0.3) is 5.91 Å². The summed E-state index contributed by atoms with van der Waals surface area (Å²) in [6, 6.07) is 16.8. The van der Waals surface area contributed by atoms with Gasteiger partial charge in [0.15, 0.2) is 0 Å². The summed E-state index contributed by atoms with van der Waals surface area (Å²) in [5, 5.41) is 9.17. The zero-order valence-corrected chi connectivity index (χ0v) is 10.9. The molecular weight excluding hydrogens is 238 g/mol. The van der Waals surface area contributed by atoms with E-state index in [4.69, 9.17) is 5.11 Å². The van der Waals surface area contributed by atoms with Crippen LogP contribution in [0.3, 0.4) is 0 Å². The molecule has 1 amide bonds. The molecule has 98 valence electrons. The van der Waals surface area contributed by atoms with Crippen molar-refractivity contribution >= 4 is 11.6 Å². The maximum absolute atomic E-state index is 12.5. The van der Waals surface area contributed by atoms with Crippen LogP contribution in [0.25, 0.3) is 0 Å². The Bertz CT molecular complexity index is 552. The molecule has 0 aliphatic rings. The van der Waals surface area contributed by atoms with Crippen molar-refractivity contribution < 1.29 is 9.90 Å². The lowest BCUT2D eigenvalue weighted by molar-refractivity contribution is 0.0981. The second-order valence-corrected chi connectivity index (χ2v) is 4.39. The number of nitrogens with zero attached hydrogens (tertiary/aromatic N) is 1. The number of carbonyl (C=O) groups excluding carboxylic acids is 1. The summed E-state index contributed by atoms with van der Waals surface area (Å²) in [6.07, 6.45) is 0. The maximum atomic E-state index is 12.5. The third-order valence-corrected chi connectivity index (χ3v) is 2.90. The summed E-state index contributed by atoms with van der Waals surface area (Å²) in [5.74, 6) is -0.0970. The minimum atomic E-state index is -0.0970. The Morgan fingerprint density at radius 1 is 1.11 bits per heavy atom. The lowest BCUT2D eigenvalue weighted by Crippen LogP contribution is -2.33. The van der Waals surface area contributed by atoms with Gasteiger partial charge in [-0.05, 0) is 36.8 Å². The first kappa shape index (κ1) is 13.3. The Morgan fingerprint density at radius 3 is 2.47 bits per heavy atom. The largest absolute Gasteiger partial charge is 0.395 e. The number of amides is 1. The number of rotatable bonds is 4. The monoisotopic (exact) mass is 255 g/mol. The fourth-order valence-electron chi connectivity index (χ4n) is 1.98. The summed E-state index contributed by atoms with van der Waals surface area (Å²) in [6.45, 7) is 2.21. The molecule has 0 aromatic heterocycles. The van der Waals surface area contributed by atoms with Crippen molar-refractivity contribution in [3.8, 4) is 0 Å². The van der Waals surface area contributed by atoms with Crippen LogP contribution in [-0.4, -0.2) is 24.2 Å². The smallest absolute Gasteiger partial charge is 0.258 e. The third kappa shape index (κ3) is 3.20. The molecule has 0 saturated carbocycles. The predicted molar refractivity (Wildman–Crippen MR) is 76.4 cm³/mol. The molecule has 0 atom stereocenters. The Hall–Kier alpha value is -2.13. The van der Waals surface area contributed by atoms with Crippen LogP contribution in [0.15, 0.2) is 54.6 Å². The molecule has 0 aliphatic carbocycles. The molecule has 0 saturated heterocycles. The van der Waals surface area contributed by atoms with Gasteiger partial charge in [-0.2, -0.15) is 0 Å². The predicted octanol–water partition coefficient (Wildman–Crippen LogP) is 2.63. The van der Waals surface area contributed by atoms with Gasteiger partial charge in [0.1, 0.15) is 0 Å². The Morgan fingerprint density at radius 2 is 1.84 bits per heavy atom. The van der Waals surface area contributed by atoms with E-state index < -0.39 is 0 Å². The SMILES string of the molecule is Cc1cccc(N(CCO)C(=O)c2ccccc2)c1. The van der Waals surface area contributed by atoms with E-state index in [9.17, 15) is 4.79 Å². The third-order valence-electron chi connectivity index (χ3n) is 2.90. The summed E-state index contributed by atoms with van der Waals surface area (Å²) in [7, 11) is 0. The normalized spacial score (nSPS) is 10.2. The van der Waals surface area contributed by atoms with Gasteiger partial charge in [0, 0.05) is 17.8 Å². The van der Waals surface area contributed by atoms with E-state index in [-0.39, 0.29) is 19.1 Å². The van der Waals surface area contributed by atoms with E-state index in [1.54, 1.807) is 17.0 Å². The number of carbonyl (C=O) groups is 1. The topological polar surface area (TPSA) is 40.5 Å². The molecule has 0 heterocycles. The Labute approximate surface area is 113 Å². The highest BCUT2D eigenvalue weighted by Crippen LogP contribution is 2.18. The summed E-state index contributed by atoms with van der Waals surface area (Å²) < 4.78 is 0. The van der Waals surface area contributed by atoms with Crippen molar-refractivity contribution in [3.05, 3.63) is 65.7 Å². The Kier molecular flexibility index (Phi) is 4.31. The number of aliphatic hydroxyl groups is 1. The lowest BCUT2D eigenvalue weighted by atomic mass is 10.1. The molecule has 3 heteroatoms. The second-order valence-electron chi connectivity index (χ2n) is 4.39. The molecule has 19 heavy (non-hydrogen) atoms. The number of anilines is 1. The number of aliphatic hydroxyl groups excluding tert-OH is 1. The molecule has 0 fully saturated rings. The minimum absolute atomic E-state index is 0.0630. The van der Waals surface area contributed by atoms with E-state index in [0.29, 0.717) is 5.56 Å². The highest BCUT2D eigenvalue weighted by atomic mass is 16.3. The first-order valence-corrected chi connectivity index (χ1v) is 6.27. The molecule has 2 aromatic carbocycles. The number of hydrogen-bond acceptors (Lipinski definition) is 2. The number of hydrogen-bond donors (Lipinski definition) is 1. The highest BCUT2D eigenvalue weighted by Gasteiger charge is 2.16. The van der Waals surface area contributed by atoms with Gasteiger partial charge in [-0.1, -0.05) is 30.3 Å². The van der Waals surface area contributed by atoms with Gasteiger partial charge in [0.05, 0.1) is 6.61 Å². The highest BCUT2D eigenvalue weighted by molar-refractivity contribution is 6.06. The van der Waals surface area contributed by atoms with E-state index in [1.807, 2.05) is 49.4 Å². The summed E-state index contributed by atoms with van der Waals surface area (Å²) in [5.41, 5.74) is 2.52. The van der Waals surface area contributed by atoms with Crippen LogP contribution in [0.5, 0.6) is 0 Å². The molecule has 0 radical (unpaired) electrons. The van der Waals surface area contributed by atoms with Gasteiger partial charge in [-0.15, -0.1) is 0 Å². The zero-order valence-electron chi connectivity index (χ0n) is 10.9. The number of aryl methyl sites for hydroxylation is 1. The van der Waals surface area contributed by atoms with Crippen molar-refractivity contribution in [2.75, 3.05) is 18.1 Å². The van der Waals surface area contributed by atoms with Crippen LogP contribution in [-0.2, 0) is 0 Å². The quantitative estimate of drug-likeness (QED) is 0.912. The van der Waals surface area contributed by atoms with Crippen LogP contribution in [0.4, 0.5) is 5.69 Å². The first-order chi connectivity index (χ1) is 9.22. The van der Waals surface area contributed by atoms with Crippen LogP contribution in [0, 0.1) is 6.92 Å². The van der Waals surface area contributed by atoms with Crippen molar-refractivity contribution in [1.82, 2.24) is 0 Å². The van der Waals surface area contributed by atoms with Crippen LogP contribution < -0.4 is 4.90 Å². The van der Waals surface area contributed by atoms with Crippen molar-refractivity contribution in [2.24, 2.45) is 0 Å². The van der Waals surface area contributed by atoms with Crippen molar-refractivity contribution in [2.45, 2.75) is 6.92 Å². The van der Waals surface area contributed by atoms with Gasteiger partial charge in [-0.25, -0.2) is 0 Å². The molecule has 3 nitrogen and oxygen atoms in total. The minimum Gasteiger partial charge on any atom is -0.395 e. The molecule has 1 N–H and O–H groups in total. The molecule has 0 bridgehead atoms. The lowest BCUT2D eigenvalue weighted by Gasteiger charge is -2.22. The second kappa shape index (κ2) is 6.16. The Balaban J connectivity index is 2.33. The van der Waals surface area contributed by atoms with Crippen LogP contribution in [0.1, 0.15) is 15.9 Å². The van der Waals surface area contributed by atoms with Crippen molar-refractivity contribution in [3.63, 3.8) is 0 Å². The molecule has 0 aliphatic heterocycles. The zero-order chi connectivity index (χ0) is 13.7. The van der Waals surface area contributed by atoms with E-state index >= 15 is 0 Å². The maximum Gasteiger partial charge on any atom is 0.258 e. The van der Waals surface area contributed by atoms with E-state index in [0.717, 1.165) is 11.3 Å². The number of benzene rings is 2. The molecule has 0 unspecified atom stereocenters. The average Bonchev–Trinajstić information content (AvgIpc) is 2.45. The van der Waals surface area contributed by atoms with Crippen LogP contribution >= 0.6 is 0 Å². The summed E-state index contributed by atoms with van der Waals surface area (Å²) in [4.78, 5) is 14.1. The molecular formula is C16H17NO2. The standard InChI is InChI=1S/C16H17NO2/c1-13-6-5-9-15(12-13)17(10-11-18)16(19)14-7-3-2-4-8-14/h2-9,12,18H,10-11H2,1H3. The van der Waals surface area contributed by atoms with Crippen molar-refractivity contribution in [1.29, 1.82) is 0 Å². The summed E-state index contributed by atoms with van der Waals surface area (Å²) >= 11 is 0. The van der Waals surface area contributed by atoms with E-state index in [1.165, 1.54) is 0 Å². The molecule has 2 aromatic rings. The van der Waals surface area contributed by atoms with E-state index in [2.05, 4.69) is 0 Å². The van der Waals surface area contributed by atoms with Gasteiger partial charge in [0.2, 0.25) is 0 Å². The fourth-order valence-corrected chi connectivity index (χ4v) is 1.98. The van der Waals surface area contributed by atoms with Gasteiger partial charge in [-0.3, -0.25) is 4.79 Å². The van der Waals surface area contributed by atoms with Gasteiger partial charge < -0.3 is 10.0 Å². The van der Waals surface area contributed by atoms with Gasteiger partial charge >= 0.3 is 0 Å². The average molecular weight is 255 g/mol. The first-order valence-electron chi connectivity index (χ1n) is 6.27. The molecule has 2 rings (SSSR count). The molecule has 0 spiro atoms. The van der Waals surface area contributed by atoms with Crippen LogP contribution in [0.2, 0.25) is 0 Å². The fraction of sp³-hybridized carbons (Fsp3) is 0.188.